The number of anilines is 1. The summed E-state index contributed by atoms with van der Waals surface area (Å²) in [6.07, 6.45) is 0.665. The molecule has 160 valence electrons. The van der Waals surface area contributed by atoms with Gasteiger partial charge in [0.15, 0.2) is 0 Å². The van der Waals surface area contributed by atoms with Crippen molar-refractivity contribution in [2.45, 2.75) is 18.2 Å². The van der Waals surface area contributed by atoms with Crippen molar-refractivity contribution in [1.82, 2.24) is 0 Å². The van der Waals surface area contributed by atoms with Gasteiger partial charge in [-0.2, -0.15) is 0 Å². The standard InChI is InChI=1S/C24H23NO5S/c1-18-9-11-21(12-10-18)29-15-16-30-24(26)20-6-4-7-22(17-20)31(27,28)25-14-13-19-5-2-3-8-23(19)25/h2-12,17H,13-16H2,1H3. The lowest BCUT2D eigenvalue weighted by Crippen LogP contribution is -2.29. The minimum atomic E-state index is -3.77. The molecule has 3 aromatic rings. The molecule has 1 aliphatic rings. The molecule has 0 saturated carbocycles. The van der Waals surface area contributed by atoms with Crippen LogP contribution in [0.15, 0.2) is 77.7 Å². The number of hydrogen-bond donors (Lipinski definition) is 0. The first-order chi connectivity index (χ1) is 14.9. The molecule has 0 fully saturated rings. The predicted molar refractivity (Wildman–Crippen MR) is 118 cm³/mol. The number of esters is 1. The van der Waals surface area contributed by atoms with Crippen molar-refractivity contribution in [2.75, 3.05) is 24.1 Å². The Morgan fingerprint density at radius 1 is 0.968 bits per heavy atom. The molecule has 31 heavy (non-hydrogen) atoms. The Labute approximate surface area is 182 Å². The van der Waals surface area contributed by atoms with Crippen LogP contribution in [-0.4, -0.2) is 34.1 Å². The number of fused-ring (bicyclic) bond motifs is 1. The van der Waals surface area contributed by atoms with Gasteiger partial charge in [0.1, 0.15) is 19.0 Å². The van der Waals surface area contributed by atoms with E-state index < -0.39 is 16.0 Å². The lowest BCUT2D eigenvalue weighted by molar-refractivity contribution is 0.0450. The maximum absolute atomic E-state index is 13.2. The summed E-state index contributed by atoms with van der Waals surface area (Å²) < 4.78 is 38.5. The number of nitrogens with zero attached hydrogens (tertiary/aromatic N) is 1. The van der Waals surface area contributed by atoms with Gasteiger partial charge in [0.25, 0.3) is 10.0 Å². The fourth-order valence-electron chi connectivity index (χ4n) is 3.48. The quantitative estimate of drug-likeness (QED) is 0.413. The molecule has 0 saturated heterocycles. The molecule has 3 aromatic carbocycles. The van der Waals surface area contributed by atoms with Crippen LogP contribution in [0.3, 0.4) is 0 Å². The van der Waals surface area contributed by atoms with E-state index in [-0.39, 0.29) is 23.7 Å². The molecule has 6 nitrogen and oxygen atoms in total. The van der Waals surface area contributed by atoms with Gasteiger partial charge in [-0.15, -0.1) is 0 Å². The summed E-state index contributed by atoms with van der Waals surface area (Å²) in [6, 6.07) is 21.0. The second-order valence-electron chi connectivity index (χ2n) is 7.28. The van der Waals surface area contributed by atoms with Gasteiger partial charge in [-0.05, 0) is 55.3 Å². The van der Waals surface area contributed by atoms with Gasteiger partial charge in [0.2, 0.25) is 0 Å². The van der Waals surface area contributed by atoms with E-state index in [4.69, 9.17) is 9.47 Å². The van der Waals surface area contributed by atoms with Crippen LogP contribution >= 0.6 is 0 Å². The van der Waals surface area contributed by atoms with Gasteiger partial charge in [-0.1, -0.05) is 42.0 Å². The van der Waals surface area contributed by atoms with E-state index in [1.807, 2.05) is 49.4 Å². The number of hydrogen-bond acceptors (Lipinski definition) is 5. The third kappa shape index (κ3) is 4.56. The van der Waals surface area contributed by atoms with Crippen LogP contribution < -0.4 is 9.04 Å². The molecule has 1 heterocycles. The Hall–Kier alpha value is -3.32. The van der Waals surface area contributed by atoms with Crippen molar-refractivity contribution >= 4 is 21.7 Å². The number of ether oxygens (including phenoxy) is 2. The smallest absolute Gasteiger partial charge is 0.338 e. The van der Waals surface area contributed by atoms with E-state index in [1.54, 1.807) is 18.2 Å². The lowest BCUT2D eigenvalue weighted by Gasteiger charge is -2.19. The summed E-state index contributed by atoms with van der Waals surface area (Å²) in [7, 11) is -3.77. The number of carbonyl (C=O) groups excluding carboxylic acids is 1. The van der Waals surface area contributed by atoms with Gasteiger partial charge < -0.3 is 9.47 Å². The zero-order valence-electron chi connectivity index (χ0n) is 17.2. The van der Waals surface area contributed by atoms with Crippen LogP contribution in [-0.2, 0) is 21.2 Å². The molecule has 0 N–H and O–H groups in total. The maximum atomic E-state index is 13.2. The zero-order chi connectivity index (χ0) is 21.8. The van der Waals surface area contributed by atoms with Crippen LogP contribution in [0, 0.1) is 6.92 Å². The molecule has 0 aromatic heterocycles. The molecule has 7 heteroatoms. The minimum absolute atomic E-state index is 0.0587. The highest BCUT2D eigenvalue weighted by atomic mass is 32.2. The summed E-state index contributed by atoms with van der Waals surface area (Å²) in [4.78, 5) is 12.5. The number of aryl methyl sites for hydroxylation is 1. The zero-order valence-corrected chi connectivity index (χ0v) is 18.0. The first kappa shape index (κ1) is 20.9. The predicted octanol–water partition coefficient (Wildman–Crippen LogP) is 3.98. The normalized spacial score (nSPS) is 13.0. The van der Waals surface area contributed by atoms with E-state index in [9.17, 15) is 13.2 Å². The second-order valence-corrected chi connectivity index (χ2v) is 9.14. The van der Waals surface area contributed by atoms with E-state index in [1.165, 1.54) is 16.4 Å². The highest BCUT2D eigenvalue weighted by Gasteiger charge is 2.31. The van der Waals surface area contributed by atoms with Crippen LogP contribution in [0.1, 0.15) is 21.5 Å². The molecule has 0 atom stereocenters. The molecule has 1 aliphatic heterocycles. The average Bonchev–Trinajstić information content (AvgIpc) is 3.23. The van der Waals surface area contributed by atoms with Crippen molar-refractivity contribution in [1.29, 1.82) is 0 Å². The van der Waals surface area contributed by atoms with Crippen molar-refractivity contribution < 1.29 is 22.7 Å². The number of rotatable bonds is 7. The van der Waals surface area contributed by atoms with E-state index >= 15 is 0 Å². The molecule has 0 radical (unpaired) electrons. The fraction of sp³-hybridized carbons (Fsp3) is 0.208. The molecule has 0 amide bonds. The Balaban J connectivity index is 1.40. The summed E-state index contributed by atoms with van der Waals surface area (Å²) in [5.74, 6) is 0.104. The van der Waals surface area contributed by atoms with Gasteiger partial charge in [-0.3, -0.25) is 4.31 Å². The number of para-hydroxylation sites is 1. The lowest BCUT2D eigenvalue weighted by atomic mass is 10.2. The third-order valence-electron chi connectivity index (χ3n) is 5.11. The Morgan fingerprint density at radius 2 is 1.74 bits per heavy atom. The molecule has 4 rings (SSSR count). The second kappa shape index (κ2) is 8.81. The fourth-order valence-corrected chi connectivity index (χ4v) is 5.03. The largest absolute Gasteiger partial charge is 0.490 e. The van der Waals surface area contributed by atoms with E-state index in [0.29, 0.717) is 24.4 Å². The van der Waals surface area contributed by atoms with E-state index in [2.05, 4.69) is 0 Å². The van der Waals surface area contributed by atoms with Gasteiger partial charge >= 0.3 is 5.97 Å². The van der Waals surface area contributed by atoms with Gasteiger partial charge in [0, 0.05) is 6.54 Å². The van der Waals surface area contributed by atoms with Gasteiger partial charge in [-0.25, -0.2) is 13.2 Å². The average molecular weight is 438 g/mol. The molecule has 0 spiro atoms. The van der Waals surface area contributed by atoms with Crippen molar-refractivity contribution in [3.63, 3.8) is 0 Å². The summed E-state index contributed by atoms with van der Waals surface area (Å²) in [6.45, 7) is 2.63. The SMILES string of the molecule is Cc1ccc(OCCOC(=O)c2cccc(S(=O)(=O)N3CCc4ccccc43)c2)cc1. The number of benzene rings is 3. The van der Waals surface area contributed by atoms with Crippen LogP contribution in [0.25, 0.3) is 0 Å². The van der Waals surface area contributed by atoms with Crippen molar-refractivity contribution in [3.05, 3.63) is 89.5 Å². The highest BCUT2D eigenvalue weighted by molar-refractivity contribution is 7.92. The number of carbonyl (C=O) groups is 1. The monoisotopic (exact) mass is 437 g/mol. The summed E-state index contributed by atoms with van der Waals surface area (Å²) in [5.41, 5.74) is 2.99. The minimum Gasteiger partial charge on any atom is -0.490 e. The molecule has 0 unspecified atom stereocenters. The van der Waals surface area contributed by atoms with Gasteiger partial charge in [0.05, 0.1) is 16.1 Å². The third-order valence-corrected chi connectivity index (χ3v) is 6.92. The van der Waals surface area contributed by atoms with E-state index in [0.717, 1.165) is 11.1 Å². The first-order valence-electron chi connectivity index (χ1n) is 10.0. The van der Waals surface area contributed by atoms with Crippen molar-refractivity contribution in [3.8, 4) is 5.75 Å². The Kier molecular flexibility index (Phi) is 5.95. The maximum Gasteiger partial charge on any atom is 0.338 e. The summed E-state index contributed by atoms with van der Waals surface area (Å²) >= 11 is 0. The van der Waals surface area contributed by atoms with Crippen LogP contribution in [0.4, 0.5) is 5.69 Å². The van der Waals surface area contributed by atoms with Crippen molar-refractivity contribution in [2.24, 2.45) is 0 Å². The Morgan fingerprint density at radius 3 is 2.55 bits per heavy atom. The molecule has 0 aliphatic carbocycles. The first-order valence-corrected chi connectivity index (χ1v) is 11.5. The summed E-state index contributed by atoms with van der Waals surface area (Å²) in [5, 5.41) is 0. The topological polar surface area (TPSA) is 72.9 Å². The molecular weight excluding hydrogens is 414 g/mol. The number of sulfonamides is 1. The Bertz CT molecular complexity index is 1190. The van der Waals surface area contributed by atoms with Crippen LogP contribution in [0.5, 0.6) is 5.75 Å². The highest BCUT2D eigenvalue weighted by Crippen LogP contribution is 2.32. The molecule has 0 bridgehead atoms. The van der Waals surface area contributed by atoms with Crippen LogP contribution in [0.2, 0.25) is 0 Å². The molecular formula is C24H23NO5S.